The van der Waals surface area contributed by atoms with Crippen LogP contribution in [0.15, 0.2) is 48.5 Å². The summed E-state index contributed by atoms with van der Waals surface area (Å²) in [4.78, 5) is 0. The van der Waals surface area contributed by atoms with Gasteiger partial charge in [-0.15, -0.1) is 0 Å². The van der Waals surface area contributed by atoms with Crippen LogP contribution in [0.1, 0.15) is 82.9 Å². The van der Waals surface area contributed by atoms with Gasteiger partial charge >= 0.3 is 0 Å². The molecule has 0 radical (unpaired) electrons. The van der Waals surface area contributed by atoms with Crippen molar-refractivity contribution < 1.29 is 23.4 Å². The highest BCUT2D eigenvalue weighted by atomic mass is 28.4. The van der Waals surface area contributed by atoms with Gasteiger partial charge in [-0.3, -0.25) is 0 Å². The molecule has 1 atom stereocenters. The Labute approximate surface area is 232 Å². The molecule has 1 unspecified atom stereocenters. The monoisotopic (exact) mass is 542 g/mol. The third kappa shape index (κ3) is 9.11. The molecule has 0 N–H and O–H groups in total. The smallest absolute Gasteiger partial charge is 0.192 e. The molecule has 212 valence electrons. The van der Waals surface area contributed by atoms with Crippen LogP contribution in [0.3, 0.4) is 0 Å². The molecule has 0 bridgehead atoms. The molecule has 6 heteroatoms. The molecule has 0 amide bonds. The minimum Gasteiger partial charge on any atom is -0.497 e. The zero-order valence-electron chi connectivity index (χ0n) is 24.8. The molecule has 3 rings (SSSR count). The van der Waals surface area contributed by atoms with Gasteiger partial charge in [0, 0.05) is 18.8 Å². The maximum Gasteiger partial charge on any atom is 0.192 e. The fraction of sp³-hybridized carbons (Fsp3) is 0.625. The summed E-state index contributed by atoms with van der Waals surface area (Å²) in [5.74, 6) is 2.30. The number of rotatable bonds is 12. The normalized spacial score (nSPS) is 19.9. The minimum atomic E-state index is -1.74. The Morgan fingerprint density at radius 2 is 1.55 bits per heavy atom. The first-order chi connectivity index (χ1) is 18.1. The van der Waals surface area contributed by atoms with E-state index in [1.54, 1.807) is 14.2 Å². The second kappa shape index (κ2) is 14.5. The van der Waals surface area contributed by atoms with Gasteiger partial charge in [0.15, 0.2) is 15.1 Å². The molecular weight excluding hydrogens is 492 g/mol. The number of hydrogen-bond acceptors (Lipinski definition) is 5. The molecule has 0 heterocycles. The van der Waals surface area contributed by atoms with Gasteiger partial charge in [0.05, 0.1) is 19.8 Å². The predicted octanol–water partition coefficient (Wildman–Crippen LogP) is 8.69. The van der Waals surface area contributed by atoms with Crippen molar-refractivity contribution in [3.05, 3.63) is 59.7 Å². The van der Waals surface area contributed by atoms with Crippen molar-refractivity contribution in [3.8, 4) is 11.5 Å². The summed E-state index contributed by atoms with van der Waals surface area (Å²) < 4.78 is 29.9. The van der Waals surface area contributed by atoms with Gasteiger partial charge in [0.2, 0.25) is 0 Å². The van der Waals surface area contributed by atoms with Crippen LogP contribution in [0, 0.1) is 5.92 Å². The fourth-order valence-corrected chi connectivity index (χ4v) is 6.43. The summed E-state index contributed by atoms with van der Waals surface area (Å²) in [6, 6.07) is 16.3. The van der Waals surface area contributed by atoms with E-state index in [0.29, 0.717) is 18.6 Å². The van der Waals surface area contributed by atoms with Crippen LogP contribution in [0.2, 0.25) is 18.1 Å². The summed E-state index contributed by atoms with van der Waals surface area (Å²) in [6.07, 6.45) is 8.49. The zero-order chi connectivity index (χ0) is 27.6. The lowest BCUT2D eigenvalue weighted by Gasteiger charge is -2.40. The summed E-state index contributed by atoms with van der Waals surface area (Å²) >= 11 is 0. The fourth-order valence-electron chi connectivity index (χ4n) is 5.01. The Morgan fingerprint density at radius 1 is 0.895 bits per heavy atom. The van der Waals surface area contributed by atoms with Crippen molar-refractivity contribution in [2.45, 2.75) is 103 Å². The molecule has 1 fully saturated rings. The number of ether oxygens (including phenoxy) is 4. The van der Waals surface area contributed by atoms with Crippen LogP contribution < -0.4 is 9.47 Å². The first-order valence-corrected chi connectivity index (χ1v) is 17.2. The molecule has 5 nitrogen and oxygen atoms in total. The summed E-state index contributed by atoms with van der Waals surface area (Å²) in [5, 5.41) is 0.255. The summed E-state index contributed by atoms with van der Waals surface area (Å²) in [5.41, 5.74) is 2.23. The molecule has 0 saturated heterocycles. The second-order valence-corrected chi connectivity index (χ2v) is 17.0. The lowest BCUT2D eigenvalue weighted by Crippen LogP contribution is -2.44. The standard InChI is InChI=1S/C32H50O5Si/c1-32(2,3)38(6,7)37-28-14-10-12-25(13-11-15-28)22-31(29-16-8-9-17-30(29)36-24-33-4)35-23-26-18-20-27(34-5)21-19-26/h8-9,16-21,25,28,31H,10-15,22-24H2,1-7H3. The first kappa shape index (κ1) is 30.7. The van der Waals surface area contributed by atoms with E-state index in [1.807, 2.05) is 24.3 Å². The van der Waals surface area contributed by atoms with Gasteiger partial charge in [-0.25, -0.2) is 0 Å². The van der Waals surface area contributed by atoms with Crippen molar-refractivity contribution in [1.82, 2.24) is 0 Å². The van der Waals surface area contributed by atoms with Gasteiger partial charge in [-0.2, -0.15) is 0 Å². The molecule has 1 aliphatic carbocycles. The van der Waals surface area contributed by atoms with Crippen LogP contribution >= 0.6 is 0 Å². The molecule has 1 saturated carbocycles. The molecule has 2 aromatic rings. The number of methoxy groups -OCH3 is 2. The van der Waals surface area contributed by atoms with Gasteiger partial charge in [0.1, 0.15) is 11.5 Å². The average molecular weight is 543 g/mol. The Balaban J connectivity index is 1.68. The Bertz CT molecular complexity index is 943. The average Bonchev–Trinajstić information content (AvgIpc) is 2.87. The van der Waals surface area contributed by atoms with Crippen LogP contribution in [0.25, 0.3) is 0 Å². The maximum absolute atomic E-state index is 6.80. The highest BCUT2D eigenvalue weighted by molar-refractivity contribution is 6.74. The SMILES string of the molecule is COCOc1ccccc1C(CC1CCCC(O[Si](C)(C)C(C)(C)C)CCC1)OCc1ccc(OC)cc1. The highest BCUT2D eigenvalue weighted by Crippen LogP contribution is 2.40. The van der Waals surface area contributed by atoms with E-state index in [4.69, 9.17) is 23.4 Å². The minimum absolute atomic E-state index is 0.0473. The van der Waals surface area contributed by atoms with Gasteiger partial charge in [0.25, 0.3) is 0 Å². The molecular formula is C32H50O5Si. The quantitative estimate of drug-likeness (QED) is 0.198. The van der Waals surface area contributed by atoms with Crippen LogP contribution in [-0.2, 0) is 20.5 Å². The Hall–Kier alpha value is -1.86. The lowest BCUT2D eigenvalue weighted by atomic mass is 9.85. The van der Waals surface area contributed by atoms with Crippen molar-refractivity contribution in [3.63, 3.8) is 0 Å². The zero-order valence-corrected chi connectivity index (χ0v) is 25.8. The largest absolute Gasteiger partial charge is 0.497 e. The third-order valence-electron chi connectivity index (χ3n) is 8.30. The number of hydrogen-bond donors (Lipinski definition) is 0. The number of para-hydroxylation sites is 1. The molecule has 2 aromatic carbocycles. The van der Waals surface area contributed by atoms with E-state index < -0.39 is 8.32 Å². The lowest BCUT2D eigenvalue weighted by molar-refractivity contribution is 0.0114. The maximum atomic E-state index is 6.80. The molecule has 38 heavy (non-hydrogen) atoms. The molecule has 0 aliphatic heterocycles. The second-order valence-electron chi connectivity index (χ2n) is 12.2. The van der Waals surface area contributed by atoms with Crippen LogP contribution in [-0.4, -0.2) is 35.4 Å². The van der Waals surface area contributed by atoms with Gasteiger partial charge in [-0.05, 0) is 67.1 Å². The van der Waals surface area contributed by atoms with E-state index in [2.05, 4.69) is 58.1 Å². The summed E-state index contributed by atoms with van der Waals surface area (Å²) in [6.45, 7) is 12.5. The van der Waals surface area contributed by atoms with E-state index >= 15 is 0 Å². The molecule has 0 spiro atoms. The Morgan fingerprint density at radius 3 is 2.16 bits per heavy atom. The molecule has 1 aliphatic rings. The first-order valence-electron chi connectivity index (χ1n) is 14.3. The van der Waals surface area contributed by atoms with E-state index in [1.165, 1.54) is 25.7 Å². The summed E-state index contributed by atoms with van der Waals surface area (Å²) in [7, 11) is 1.60. The van der Waals surface area contributed by atoms with Gasteiger partial charge < -0.3 is 23.4 Å². The third-order valence-corrected chi connectivity index (χ3v) is 12.8. The predicted molar refractivity (Wildman–Crippen MR) is 157 cm³/mol. The Kier molecular flexibility index (Phi) is 11.7. The van der Waals surface area contributed by atoms with E-state index in [-0.39, 0.29) is 17.9 Å². The number of benzene rings is 2. The van der Waals surface area contributed by atoms with E-state index in [9.17, 15) is 0 Å². The molecule has 0 aromatic heterocycles. The van der Waals surface area contributed by atoms with Crippen LogP contribution in [0.5, 0.6) is 11.5 Å². The van der Waals surface area contributed by atoms with E-state index in [0.717, 1.165) is 41.9 Å². The van der Waals surface area contributed by atoms with Crippen molar-refractivity contribution in [2.24, 2.45) is 5.92 Å². The van der Waals surface area contributed by atoms with Crippen molar-refractivity contribution in [1.29, 1.82) is 0 Å². The van der Waals surface area contributed by atoms with Crippen molar-refractivity contribution >= 4 is 8.32 Å². The van der Waals surface area contributed by atoms with Crippen molar-refractivity contribution in [2.75, 3.05) is 21.0 Å². The van der Waals surface area contributed by atoms with Crippen LogP contribution in [0.4, 0.5) is 0 Å². The van der Waals surface area contributed by atoms with Gasteiger partial charge in [-0.1, -0.05) is 76.8 Å². The topological polar surface area (TPSA) is 46.2 Å². The highest BCUT2D eigenvalue weighted by Gasteiger charge is 2.39.